The highest BCUT2D eigenvalue weighted by Crippen LogP contribution is 2.28. The van der Waals surface area contributed by atoms with Crippen molar-refractivity contribution >= 4 is 0 Å². The second-order valence-electron chi connectivity index (χ2n) is 4.64. The van der Waals surface area contributed by atoms with Crippen molar-refractivity contribution in [3.05, 3.63) is 41.7 Å². The third kappa shape index (κ3) is 1.95. The fourth-order valence-corrected chi connectivity index (χ4v) is 2.37. The number of phenols is 1. The highest BCUT2D eigenvalue weighted by Gasteiger charge is 2.19. The largest absolute Gasteiger partial charge is 0.508 e. The molecule has 1 aliphatic carbocycles. The molecule has 4 nitrogen and oxygen atoms in total. The summed E-state index contributed by atoms with van der Waals surface area (Å²) in [6, 6.07) is 7.05. The molecule has 3 N–H and O–H groups in total. The molecule has 0 saturated heterocycles. The second kappa shape index (κ2) is 4.38. The summed E-state index contributed by atoms with van der Waals surface area (Å²) in [5, 5.41) is 9.48. The number of hydrogen-bond acceptors (Lipinski definition) is 4. The predicted molar refractivity (Wildman–Crippen MR) is 69.0 cm³/mol. The summed E-state index contributed by atoms with van der Waals surface area (Å²) in [5.41, 5.74) is 8.97. The van der Waals surface area contributed by atoms with E-state index < -0.39 is 0 Å². The quantitative estimate of drug-likeness (QED) is 0.802. The van der Waals surface area contributed by atoms with Crippen LogP contribution in [-0.4, -0.2) is 15.1 Å². The predicted octanol–water partition coefficient (Wildman–Crippen LogP) is 2.19. The lowest BCUT2D eigenvalue weighted by atomic mass is 9.93. The molecular formula is C14H15N3O. The van der Waals surface area contributed by atoms with E-state index in [-0.39, 0.29) is 11.8 Å². The topological polar surface area (TPSA) is 72.0 Å². The van der Waals surface area contributed by atoms with Gasteiger partial charge >= 0.3 is 0 Å². The first-order chi connectivity index (χ1) is 8.74. The van der Waals surface area contributed by atoms with Crippen LogP contribution in [-0.2, 0) is 6.42 Å². The second-order valence-corrected chi connectivity index (χ2v) is 4.64. The van der Waals surface area contributed by atoms with Crippen molar-refractivity contribution in [2.45, 2.75) is 25.3 Å². The number of hydrogen-bond donors (Lipinski definition) is 2. The molecule has 4 heteroatoms. The molecule has 0 amide bonds. The Balaban J connectivity index is 2.04. The first-order valence-corrected chi connectivity index (χ1v) is 6.15. The molecule has 0 aliphatic heterocycles. The average molecular weight is 241 g/mol. The minimum atomic E-state index is 0.0620. The molecule has 1 atom stereocenters. The smallest absolute Gasteiger partial charge is 0.159 e. The fourth-order valence-electron chi connectivity index (χ4n) is 2.37. The van der Waals surface area contributed by atoms with Gasteiger partial charge in [0.05, 0.1) is 0 Å². The number of benzene rings is 1. The maximum Gasteiger partial charge on any atom is 0.159 e. The molecule has 1 heterocycles. The van der Waals surface area contributed by atoms with Crippen molar-refractivity contribution in [1.29, 1.82) is 0 Å². The lowest BCUT2D eigenvalue weighted by Crippen LogP contribution is -2.19. The maximum absolute atomic E-state index is 9.48. The molecule has 3 rings (SSSR count). The summed E-state index contributed by atoms with van der Waals surface area (Å²) in [5.74, 6) is 0.879. The standard InChI is InChI=1S/C14H15N3O/c15-12-5-2-6-13-11(12)8-16-14(17-13)9-3-1-4-10(18)7-9/h1,3-4,7-8,12,18H,2,5-6,15H2. The summed E-state index contributed by atoms with van der Waals surface area (Å²) in [6.07, 6.45) is 4.86. The SMILES string of the molecule is NC1CCCc2nc(-c3cccc(O)c3)ncc21. The summed E-state index contributed by atoms with van der Waals surface area (Å²) < 4.78 is 0. The molecule has 2 aromatic rings. The number of nitrogens with zero attached hydrogens (tertiary/aromatic N) is 2. The molecular weight excluding hydrogens is 226 g/mol. The summed E-state index contributed by atoms with van der Waals surface area (Å²) in [4.78, 5) is 8.92. The zero-order valence-corrected chi connectivity index (χ0v) is 10.0. The van der Waals surface area contributed by atoms with Gasteiger partial charge in [0, 0.05) is 29.1 Å². The van der Waals surface area contributed by atoms with Crippen molar-refractivity contribution in [2.24, 2.45) is 5.73 Å². The van der Waals surface area contributed by atoms with Gasteiger partial charge in [-0.2, -0.15) is 0 Å². The van der Waals surface area contributed by atoms with E-state index >= 15 is 0 Å². The van der Waals surface area contributed by atoms with E-state index in [1.54, 1.807) is 18.2 Å². The van der Waals surface area contributed by atoms with Crippen molar-refractivity contribution < 1.29 is 5.11 Å². The average Bonchev–Trinajstić information content (AvgIpc) is 2.39. The number of aryl methyl sites for hydroxylation is 1. The zero-order valence-electron chi connectivity index (χ0n) is 10.0. The maximum atomic E-state index is 9.48. The van der Waals surface area contributed by atoms with Crippen LogP contribution < -0.4 is 5.73 Å². The van der Waals surface area contributed by atoms with E-state index in [2.05, 4.69) is 9.97 Å². The minimum Gasteiger partial charge on any atom is -0.508 e. The number of aromatic nitrogens is 2. The van der Waals surface area contributed by atoms with Gasteiger partial charge in [-0.1, -0.05) is 12.1 Å². The highest BCUT2D eigenvalue weighted by atomic mass is 16.3. The van der Waals surface area contributed by atoms with Gasteiger partial charge < -0.3 is 10.8 Å². The number of phenolic OH excluding ortho intramolecular Hbond substituents is 1. The fraction of sp³-hybridized carbons (Fsp3) is 0.286. The van der Waals surface area contributed by atoms with Crippen LogP contribution in [0.1, 0.15) is 30.1 Å². The van der Waals surface area contributed by atoms with Crippen LogP contribution >= 0.6 is 0 Å². The van der Waals surface area contributed by atoms with Crippen LogP contribution in [0.3, 0.4) is 0 Å². The molecule has 0 radical (unpaired) electrons. The molecule has 0 saturated carbocycles. The molecule has 0 fully saturated rings. The van der Waals surface area contributed by atoms with Gasteiger partial charge in [-0.05, 0) is 31.4 Å². The summed E-state index contributed by atoms with van der Waals surface area (Å²) in [7, 11) is 0. The van der Waals surface area contributed by atoms with E-state index in [4.69, 9.17) is 5.73 Å². The lowest BCUT2D eigenvalue weighted by molar-refractivity contribution is 0.475. The Morgan fingerprint density at radius 2 is 2.22 bits per heavy atom. The third-order valence-corrected chi connectivity index (χ3v) is 3.33. The Morgan fingerprint density at radius 3 is 3.06 bits per heavy atom. The van der Waals surface area contributed by atoms with Gasteiger partial charge in [-0.25, -0.2) is 9.97 Å². The molecule has 18 heavy (non-hydrogen) atoms. The molecule has 1 aliphatic rings. The van der Waals surface area contributed by atoms with Gasteiger partial charge in [0.15, 0.2) is 5.82 Å². The van der Waals surface area contributed by atoms with Crippen LogP contribution in [0.4, 0.5) is 0 Å². The van der Waals surface area contributed by atoms with E-state index in [1.165, 1.54) is 0 Å². The highest BCUT2D eigenvalue weighted by molar-refractivity contribution is 5.57. The molecule has 0 bridgehead atoms. The van der Waals surface area contributed by atoms with Crippen LogP contribution in [0.5, 0.6) is 5.75 Å². The molecule has 1 unspecified atom stereocenters. The Labute approximate surface area is 106 Å². The Morgan fingerprint density at radius 1 is 1.33 bits per heavy atom. The first-order valence-electron chi connectivity index (χ1n) is 6.15. The van der Waals surface area contributed by atoms with Crippen LogP contribution in [0.25, 0.3) is 11.4 Å². The van der Waals surface area contributed by atoms with E-state index in [0.29, 0.717) is 5.82 Å². The van der Waals surface area contributed by atoms with E-state index in [9.17, 15) is 5.11 Å². The van der Waals surface area contributed by atoms with Crippen molar-refractivity contribution in [1.82, 2.24) is 9.97 Å². The first kappa shape index (κ1) is 11.2. The number of rotatable bonds is 1. The third-order valence-electron chi connectivity index (χ3n) is 3.33. The Kier molecular flexibility index (Phi) is 2.72. The van der Waals surface area contributed by atoms with Gasteiger partial charge in [0.25, 0.3) is 0 Å². The van der Waals surface area contributed by atoms with Crippen LogP contribution in [0, 0.1) is 0 Å². The summed E-state index contributed by atoms with van der Waals surface area (Å²) in [6.45, 7) is 0. The lowest BCUT2D eigenvalue weighted by Gasteiger charge is -2.21. The summed E-state index contributed by atoms with van der Waals surface area (Å²) >= 11 is 0. The van der Waals surface area contributed by atoms with Crippen LogP contribution in [0.2, 0.25) is 0 Å². The molecule has 1 aromatic carbocycles. The van der Waals surface area contributed by atoms with Gasteiger partial charge in [-0.3, -0.25) is 0 Å². The van der Waals surface area contributed by atoms with Crippen LogP contribution in [0.15, 0.2) is 30.5 Å². The Bertz CT molecular complexity index is 583. The minimum absolute atomic E-state index is 0.0620. The van der Waals surface area contributed by atoms with Crippen molar-refractivity contribution in [2.75, 3.05) is 0 Å². The van der Waals surface area contributed by atoms with Gasteiger partial charge in [0.1, 0.15) is 5.75 Å². The van der Waals surface area contributed by atoms with E-state index in [1.807, 2.05) is 12.3 Å². The normalized spacial score (nSPS) is 18.4. The number of fused-ring (bicyclic) bond motifs is 1. The van der Waals surface area contributed by atoms with E-state index in [0.717, 1.165) is 36.1 Å². The van der Waals surface area contributed by atoms with Gasteiger partial charge in [0.2, 0.25) is 0 Å². The molecule has 92 valence electrons. The monoisotopic (exact) mass is 241 g/mol. The number of nitrogens with two attached hydrogens (primary N) is 1. The molecule has 1 aromatic heterocycles. The molecule has 0 spiro atoms. The van der Waals surface area contributed by atoms with Crippen molar-refractivity contribution in [3.8, 4) is 17.1 Å². The number of aromatic hydroxyl groups is 1. The van der Waals surface area contributed by atoms with Gasteiger partial charge in [-0.15, -0.1) is 0 Å². The Hall–Kier alpha value is -1.94. The van der Waals surface area contributed by atoms with Crippen molar-refractivity contribution in [3.63, 3.8) is 0 Å². The zero-order chi connectivity index (χ0) is 12.5.